The van der Waals surface area contributed by atoms with Crippen LogP contribution in [0.15, 0.2) is 65.6 Å². The fourth-order valence-electron chi connectivity index (χ4n) is 3.19. The van der Waals surface area contributed by atoms with Gasteiger partial charge in [0, 0.05) is 24.0 Å². The van der Waals surface area contributed by atoms with Crippen LogP contribution in [0.3, 0.4) is 0 Å². The lowest BCUT2D eigenvalue weighted by Crippen LogP contribution is -2.20. The summed E-state index contributed by atoms with van der Waals surface area (Å²) >= 11 is 0. The lowest BCUT2D eigenvalue weighted by atomic mass is 10.1. The predicted molar refractivity (Wildman–Crippen MR) is 133 cm³/mol. The van der Waals surface area contributed by atoms with Crippen molar-refractivity contribution in [2.24, 2.45) is 0 Å². The van der Waals surface area contributed by atoms with Crippen molar-refractivity contribution < 1.29 is 22.7 Å². The number of hydrogen-bond acceptors (Lipinski definition) is 5. The molecule has 0 radical (unpaired) electrons. The van der Waals surface area contributed by atoms with E-state index in [2.05, 4.69) is 15.4 Å². The highest BCUT2D eigenvalue weighted by molar-refractivity contribution is 7.92. The summed E-state index contributed by atoms with van der Waals surface area (Å²) in [5.74, 6) is -0.211. The van der Waals surface area contributed by atoms with Crippen molar-refractivity contribution in [3.05, 3.63) is 77.4 Å². The average molecular weight is 482 g/mol. The summed E-state index contributed by atoms with van der Waals surface area (Å²) in [6.07, 6.45) is 0. The standard InChI is InChI=1S/C25H27N3O5S/c1-16-8-9-22(12-17(16)2)28-34(31,32)23-10-11-24(18(3)13-23)33-15-25(30)27-21-7-5-6-20(14-21)26-19(4)29/h5-14,28H,15H2,1-4H3,(H,26,29)(H,27,30). The smallest absolute Gasteiger partial charge is 0.262 e. The Morgan fingerprint density at radius 1 is 0.794 bits per heavy atom. The molecule has 2 amide bonds. The number of sulfonamides is 1. The summed E-state index contributed by atoms with van der Waals surface area (Å²) in [4.78, 5) is 23.6. The molecule has 3 N–H and O–H groups in total. The molecular formula is C25H27N3O5S. The zero-order chi connectivity index (χ0) is 24.9. The lowest BCUT2D eigenvalue weighted by molar-refractivity contribution is -0.118. The third-order valence-electron chi connectivity index (χ3n) is 5.04. The lowest BCUT2D eigenvalue weighted by Gasteiger charge is -2.13. The van der Waals surface area contributed by atoms with E-state index in [1.165, 1.54) is 25.1 Å². The van der Waals surface area contributed by atoms with E-state index in [0.29, 0.717) is 28.4 Å². The van der Waals surface area contributed by atoms with E-state index in [1.54, 1.807) is 43.3 Å². The van der Waals surface area contributed by atoms with Crippen molar-refractivity contribution >= 4 is 38.9 Å². The van der Waals surface area contributed by atoms with Gasteiger partial charge in [0.2, 0.25) is 5.91 Å². The van der Waals surface area contributed by atoms with Crippen LogP contribution < -0.4 is 20.1 Å². The van der Waals surface area contributed by atoms with E-state index >= 15 is 0 Å². The van der Waals surface area contributed by atoms with Crippen LogP contribution in [0.4, 0.5) is 17.1 Å². The van der Waals surface area contributed by atoms with Gasteiger partial charge in [0.1, 0.15) is 5.75 Å². The number of benzene rings is 3. The Balaban J connectivity index is 1.63. The monoisotopic (exact) mass is 481 g/mol. The van der Waals surface area contributed by atoms with E-state index in [-0.39, 0.29) is 17.4 Å². The topological polar surface area (TPSA) is 114 Å². The van der Waals surface area contributed by atoms with Gasteiger partial charge in [-0.05, 0) is 86.0 Å². The average Bonchev–Trinajstić information content (AvgIpc) is 2.75. The molecule has 34 heavy (non-hydrogen) atoms. The Bertz CT molecular complexity index is 1340. The molecular weight excluding hydrogens is 454 g/mol. The molecule has 0 unspecified atom stereocenters. The van der Waals surface area contributed by atoms with Crippen molar-refractivity contribution in [1.29, 1.82) is 0 Å². The molecule has 0 heterocycles. The Kier molecular flexibility index (Phi) is 7.57. The molecule has 3 aromatic rings. The maximum Gasteiger partial charge on any atom is 0.262 e. The second kappa shape index (κ2) is 10.4. The number of anilines is 3. The van der Waals surface area contributed by atoms with Gasteiger partial charge >= 0.3 is 0 Å². The van der Waals surface area contributed by atoms with Crippen LogP contribution in [0.25, 0.3) is 0 Å². The Morgan fingerprint density at radius 2 is 1.50 bits per heavy atom. The minimum atomic E-state index is -3.78. The van der Waals surface area contributed by atoms with E-state index in [1.807, 2.05) is 19.9 Å². The number of hydrogen-bond donors (Lipinski definition) is 3. The fourth-order valence-corrected chi connectivity index (χ4v) is 4.32. The van der Waals surface area contributed by atoms with E-state index < -0.39 is 15.9 Å². The molecule has 0 saturated carbocycles. The summed E-state index contributed by atoms with van der Waals surface area (Å²) in [7, 11) is -3.78. The molecule has 8 nitrogen and oxygen atoms in total. The predicted octanol–water partition coefficient (Wildman–Crippen LogP) is 4.39. The molecule has 0 aliphatic carbocycles. The first-order valence-corrected chi connectivity index (χ1v) is 12.0. The minimum absolute atomic E-state index is 0.0924. The second-order valence-electron chi connectivity index (χ2n) is 7.93. The van der Waals surface area contributed by atoms with E-state index in [0.717, 1.165) is 11.1 Å². The summed E-state index contributed by atoms with van der Waals surface area (Å²) in [5, 5.41) is 5.34. The van der Waals surface area contributed by atoms with E-state index in [9.17, 15) is 18.0 Å². The Labute approximate surface area is 199 Å². The second-order valence-corrected chi connectivity index (χ2v) is 9.61. The van der Waals surface area contributed by atoms with Crippen molar-refractivity contribution in [3.63, 3.8) is 0 Å². The van der Waals surface area contributed by atoms with Crippen molar-refractivity contribution in [1.82, 2.24) is 0 Å². The molecule has 3 aromatic carbocycles. The highest BCUT2D eigenvalue weighted by Crippen LogP contribution is 2.24. The summed E-state index contributed by atoms with van der Waals surface area (Å²) in [6, 6.07) is 16.5. The molecule has 0 fully saturated rings. The van der Waals surface area contributed by atoms with Crippen molar-refractivity contribution in [2.75, 3.05) is 22.0 Å². The zero-order valence-electron chi connectivity index (χ0n) is 19.4. The van der Waals surface area contributed by atoms with Crippen LogP contribution in [0, 0.1) is 20.8 Å². The maximum atomic E-state index is 12.8. The van der Waals surface area contributed by atoms with Gasteiger partial charge in [-0.3, -0.25) is 14.3 Å². The molecule has 0 aromatic heterocycles. The molecule has 0 bridgehead atoms. The van der Waals surface area contributed by atoms with Crippen LogP contribution in [0.2, 0.25) is 0 Å². The number of ether oxygens (including phenoxy) is 1. The van der Waals surface area contributed by atoms with Gasteiger partial charge in [0.25, 0.3) is 15.9 Å². The third kappa shape index (κ3) is 6.58. The first-order chi connectivity index (χ1) is 16.0. The Hall–Kier alpha value is -3.85. The Morgan fingerprint density at radius 3 is 2.15 bits per heavy atom. The van der Waals surface area contributed by atoms with Crippen LogP contribution in [-0.2, 0) is 19.6 Å². The molecule has 3 rings (SSSR count). The normalized spacial score (nSPS) is 10.9. The minimum Gasteiger partial charge on any atom is -0.483 e. The molecule has 0 spiro atoms. The molecule has 178 valence electrons. The van der Waals surface area contributed by atoms with Gasteiger partial charge < -0.3 is 15.4 Å². The maximum absolute atomic E-state index is 12.8. The van der Waals surface area contributed by atoms with Gasteiger partial charge in [0.05, 0.1) is 4.90 Å². The fraction of sp³-hybridized carbons (Fsp3) is 0.200. The third-order valence-corrected chi connectivity index (χ3v) is 6.42. The van der Waals surface area contributed by atoms with Gasteiger partial charge in [-0.1, -0.05) is 12.1 Å². The van der Waals surface area contributed by atoms with Crippen molar-refractivity contribution in [2.45, 2.75) is 32.6 Å². The highest BCUT2D eigenvalue weighted by atomic mass is 32.2. The first kappa shape index (κ1) is 24.8. The van der Waals surface area contributed by atoms with Crippen molar-refractivity contribution in [3.8, 4) is 5.75 Å². The van der Waals surface area contributed by atoms with Gasteiger partial charge in [0.15, 0.2) is 6.61 Å². The number of carbonyl (C=O) groups excluding carboxylic acids is 2. The van der Waals surface area contributed by atoms with Gasteiger partial charge in [-0.2, -0.15) is 0 Å². The molecule has 9 heteroatoms. The van der Waals surface area contributed by atoms with Crippen LogP contribution in [0.1, 0.15) is 23.6 Å². The summed E-state index contributed by atoms with van der Waals surface area (Å²) < 4.78 is 33.7. The van der Waals surface area contributed by atoms with Crippen LogP contribution in [-0.4, -0.2) is 26.8 Å². The quantitative estimate of drug-likeness (QED) is 0.442. The first-order valence-electron chi connectivity index (χ1n) is 10.5. The zero-order valence-corrected chi connectivity index (χ0v) is 20.2. The summed E-state index contributed by atoms with van der Waals surface area (Å²) in [6.45, 7) is 6.72. The molecule has 0 saturated heterocycles. The molecule has 0 aliphatic heterocycles. The molecule has 0 atom stereocenters. The summed E-state index contributed by atoms with van der Waals surface area (Å²) in [5.41, 5.74) is 4.19. The van der Waals surface area contributed by atoms with E-state index in [4.69, 9.17) is 4.74 Å². The number of carbonyl (C=O) groups is 2. The number of nitrogens with one attached hydrogen (secondary N) is 3. The number of rotatable bonds is 8. The van der Waals surface area contributed by atoms with Crippen LogP contribution >= 0.6 is 0 Å². The van der Waals surface area contributed by atoms with Crippen LogP contribution in [0.5, 0.6) is 5.75 Å². The number of amides is 2. The highest BCUT2D eigenvalue weighted by Gasteiger charge is 2.16. The number of aryl methyl sites for hydroxylation is 3. The molecule has 0 aliphatic rings. The van der Waals surface area contributed by atoms with Gasteiger partial charge in [-0.15, -0.1) is 0 Å². The SMILES string of the molecule is CC(=O)Nc1cccc(NC(=O)COc2ccc(S(=O)(=O)Nc3ccc(C)c(C)c3)cc2C)c1. The largest absolute Gasteiger partial charge is 0.483 e. The van der Waals surface area contributed by atoms with Gasteiger partial charge in [-0.25, -0.2) is 8.42 Å².